The molecule has 0 atom stereocenters. The molecule has 2 aromatic rings. The highest BCUT2D eigenvalue weighted by atomic mass is 32.2. The zero-order valence-electron chi connectivity index (χ0n) is 11.1. The summed E-state index contributed by atoms with van der Waals surface area (Å²) in [5, 5.41) is 9.76. The van der Waals surface area contributed by atoms with Gasteiger partial charge >= 0.3 is 0 Å². The normalized spacial score (nSPS) is 11.3. The molecule has 0 amide bonds. The lowest BCUT2D eigenvalue weighted by atomic mass is 10.1. The predicted octanol–water partition coefficient (Wildman–Crippen LogP) is 2.96. The number of benzene rings is 1. The summed E-state index contributed by atoms with van der Waals surface area (Å²) < 4.78 is 0. The zero-order valence-corrected chi connectivity index (χ0v) is 11.9. The van der Waals surface area contributed by atoms with Gasteiger partial charge in [-0.3, -0.25) is 5.41 Å². The van der Waals surface area contributed by atoms with Crippen LogP contribution in [0.3, 0.4) is 0 Å². The van der Waals surface area contributed by atoms with Crippen molar-refractivity contribution in [3.8, 4) is 0 Å². The van der Waals surface area contributed by atoms with Crippen LogP contribution in [0.5, 0.6) is 0 Å². The molecule has 96 valence electrons. The van der Waals surface area contributed by atoms with Gasteiger partial charge in [0.1, 0.15) is 0 Å². The van der Waals surface area contributed by atoms with Crippen molar-refractivity contribution >= 4 is 27.7 Å². The Bertz CT molecular complexity index is 557. The number of aromatic nitrogens is 1. The van der Waals surface area contributed by atoms with Crippen molar-refractivity contribution in [2.75, 3.05) is 26.9 Å². The number of nitrogens with zero attached hydrogens (tertiary/aromatic N) is 1. The van der Waals surface area contributed by atoms with E-state index in [9.17, 15) is 0 Å². The molecular weight excluding hydrogens is 242 g/mol. The van der Waals surface area contributed by atoms with Gasteiger partial charge in [0.25, 0.3) is 0 Å². The topological polar surface area (TPSA) is 42.9 Å². The molecule has 0 bridgehead atoms. The van der Waals surface area contributed by atoms with Crippen molar-refractivity contribution in [3.63, 3.8) is 0 Å². The summed E-state index contributed by atoms with van der Waals surface area (Å²) in [5.74, 6) is 0. The Morgan fingerprint density at radius 3 is 2.83 bits per heavy atom. The van der Waals surface area contributed by atoms with E-state index in [1.807, 2.05) is 12.3 Å². The largest absolute Gasteiger partial charge is 0.361 e. The molecule has 1 heterocycles. The lowest BCUT2D eigenvalue weighted by Crippen LogP contribution is -2.14. The lowest BCUT2D eigenvalue weighted by Gasteiger charge is -2.08. The molecule has 0 radical (unpaired) electrons. The molecule has 0 fully saturated rings. The molecule has 18 heavy (non-hydrogen) atoms. The van der Waals surface area contributed by atoms with Gasteiger partial charge in [-0.25, -0.2) is 0 Å². The fourth-order valence-electron chi connectivity index (χ4n) is 1.99. The van der Waals surface area contributed by atoms with Gasteiger partial charge in [-0.05, 0) is 44.5 Å². The van der Waals surface area contributed by atoms with Crippen LogP contribution in [0.1, 0.15) is 11.1 Å². The third-order valence-electron chi connectivity index (χ3n) is 3.06. The van der Waals surface area contributed by atoms with E-state index >= 15 is 0 Å². The highest BCUT2D eigenvalue weighted by Crippen LogP contribution is 2.22. The van der Waals surface area contributed by atoms with Gasteiger partial charge in [0.15, 0.2) is 0 Å². The van der Waals surface area contributed by atoms with E-state index in [4.69, 9.17) is 5.41 Å². The summed E-state index contributed by atoms with van der Waals surface area (Å²) in [6.07, 6.45) is 5.06. The van der Waals surface area contributed by atoms with Gasteiger partial charge in [0.05, 0.1) is 5.04 Å². The number of aromatic amines is 1. The number of fused-ring (bicyclic) bond motifs is 1. The Morgan fingerprint density at radius 1 is 1.39 bits per heavy atom. The first kappa shape index (κ1) is 13.2. The fourth-order valence-corrected chi connectivity index (χ4v) is 2.35. The maximum absolute atomic E-state index is 7.89. The van der Waals surface area contributed by atoms with E-state index in [1.54, 1.807) is 0 Å². The molecule has 2 N–H and O–H groups in total. The van der Waals surface area contributed by atoms with Crippen LogP contribution < -0.4 is 0 Å². The van der Waals surface area contributed by atoms with E-state index in [0.29, 0.717) is 5.04 Å². The summed E-state index contributed by atoms with van der Waals surface area (Å²) in [6, 6.07) is 6.19. The monoisotopic (exact) mass is 261 g/mol. The van der Waals surface area contributed by atoms with E-state index in [2.05, 4.69) is 42.3 Å². The van der Waals surface area contributed by atoms with Crippen LogP contribution in [0, 0.1) is 5.41 Å². The molecule has 1 aromatic carbocycles. The third-order valence-corrected chi connectivity index (χ3v) is 3.71. The molecule has 0 aliphatic rings. The van der Waals surface area contributed by atoms with E-state index < -0.39 is 0 Å². The minimum absolute atomic E-state index is 0.622. The standard InChI is InChI=1S/C14H19N3S/c1-17(2)7-6-11-9-16-13-5-4-10(8-12(11)13)14(15)18-3/h4-5,8-9,15-16H,6-7H2,1-3H3. The van der Waals surface area contributed by atoms with Crippen LogP contribution in [0.15, 0.2) is 24.4 Å². The number of rotatable bonds is 4. The summed E-state index contributed by atoms with van der Waals surface area (Å²) in [6.45, 7) is 1.04. The quantitative estimate of drug-likeness (QED) is 0.656. The molecule has 0 aliphatic heterocycles. The van der Waals surface area contributed by atoms with E-state index in [1.165, 1.54) is 22.7 Å². The van der Waals surface area contributed by atoms with Crippen molar-refractivity contribution in [2.45, 2.75) is 6.42 Å². The van der Waals surface area contributed by atoms with Crippen molar-refractivity contribution in [1.82, 2.24) is 9.88 Å². The first-order chi connectivity index (χ1) is 8.61. The highest BCUT2D eigenvalue weighted by molar-refractivity contribution is 8.13. The molecule has 2 rings (SSSR count). The fraction of sp³-hybridized carbons (Fsp3) is 0.357. The van der Waals surface area contributed by atoms with Crippen molar-refractivity contribution < 1.29 is 0 Å². The second-order valence-corrected chi connectivity index (χ2v) is 5.48. The van der Waals surface area contributed by atoms with Gasteiger partial charge in [-0.2, -0.15) is 0 Å². The van der Waals surface area contributed by atoms with E-state index in [0.717, 1.165) is 24.0 Å². The Morgan fingerprint density at radius 2 is 2.17 bits per heavy atom. The molecule has 0 unspecified atom stereocenters. The minimum Gasteiger partial charge on any atom is -0.361 e. The Labute approximate surface area is 112 Å². The summed E-state index contributed by atoms with van der Waals surface area (Å²) in [7, 11) is 4.17. The molecule has 4 heteroatoms. The molecule has 0 saturated carbocycles. The number of hydrogen-bond donors (Lipinski definition) is 2. The van der Waals surface area contributed by atoms with Crippen LogP contribution in [-0.4, -0.2) is 41.8 Å². The molecule has 0 spiro atoms. The van der Waals surface area contributed by atoms with E-state index in [-0.39, 0.29) is 0 Å². The number of H-pyrrole nitrogens is 1. The summed E-state index contributed by atoms with van der Waals surface area (Å²) >= 11 is 1.48. The van der Waals surface area contributed by atoms with Crippen LogP contribution >= 0.6 is 11.8 Å². The zero-order chi connectivity index (χ0) is 13.1. The summed E-state index contributed by atoms with van der Waals surface area (Å²) in [4.78, 5) is 5.49. The first-order valence-electron chi connectivity index (χ1n) is 5.99. The van der Waals surface area contributed by atoms with Crippen LogP contribution in [-0.2, 0) is 6.42 Å². The van der Waals surface area contributed by atoms with Crippen molar-refractivity contribution in [3.05, 3.63) is 35.5 Å². The van der Waals surface area contributed by atoms with Crippen molar-refractivity contribution in [2.24, 2.45) is 0 Å². The number of thioether (sulfide) groups is 1. The maximum Gasteiger partial charge on any atom is 0.0939 e. The highest BCUT2D eigenvalue weighted by Gasteiger charge is 2.07. The van der Waals surface area contributed by atoms with Crippen LogP contribution in [0.2, 0.25) is 0 Å². The number of hydrogen-bond acceptors (Lipinski definition) is 3. The predicted molar refractivity (Wildman–Crippen MR) is 80.9 cm³/mol. The SMILES string of the molecule is CSC(=N)c1ccc2[nH]cc(CCN(C)C)c2c1. The maximum atomic E-state index is 7.89. The van der Waals surface area contributed by atoms with Gasteiger partial charge in [-0.15, -0.1) is 11.8 Å². The van der Waals surface area contributed by atoms with Crippen LogP contribution in [0.25, 0.3) is 10.9 Å². The van der Waals surface area contributed by atoms with Crippen molar-refractivity contribution in [1.29, 1.82) is 5.41 Å². The molecular formula is C14H19N3S. The Balaban J connectivity index is 2.34. The first-order valence-corrected chi connectivity index (χ1v) is 7.22. The minimum atomic E-state index is 0.622. The lowest BCUT2D eigenvalue weighted by molar-refractivity contribution is 0.414. The average Bonchev–Trinajstić information content (AvgIpc) is 2.77. The average molecular weight is 261 g/mol. The van der Waals surface area contributed by atoms with Gasteiger partial charge in [-0.1, -0.05) is 6.07 Å². The molecule has 0 aliphatic carbocycles. The Hall–Kier alpha value is -1.26. The Kier molecular flexibility index (Phi) is 4.09. The second-order valence-electron chi connectivity index (χ2n) is 4.66. The van der Waals surface area contributed by atoms with Gasteiger partial charge in [0.2, 0.25) is 0 Å². The molecule has 0 saturated heterocycles. The number of nitrogens with one attached hydrogen (secondary N) is 2. The molecule has 3 nitrogen and oxygen atoms in total. The van der Waals surface area contributed by atoms with Gasteiger partial charge in [0, 0.05) is 29.2 Å². The number of likely N-dealkylation sites (N-methyl/N-ethyl adjacent to an activating group) is 1. The second kappa shape index (κ2) is 5.59. The molecule has 1 aromatic heterocycles. The van der Waals surface area contributed by atoms with Gasteiger partial charge < -0.3 is 9.88 Å². The smallest absolute Gasteiger partial charge is 0.0939 e. The van der Waals surface area contributed by atoms with Crippen LogP contribution in [0.4, 0.5) is 0 Å². The summed E-state index contributed by atoms with van der Waals surface area (Å²) in [5.41, 5.74) is 3.48. The third kappa shape index (κ3) is 2.76.